The number of nitrogens with one attached hydrogen (secondary N) is 1. The molecule has 0 spiro atoms. The highest BCUT2D eigenvalue weighted by Gasteiger charge is 2.07. The fourth-order valence-electron chi connectivity index (χ4n) is 2.30. The molecule has 1 N–H and O–H groups in total. The van der Waals surface area contributed by atoms with Crippen molar-refractivity contribution in [3.63, 3.8) is 0 Å². The summed E-state index contributed by atoms with van der Waals surface area (Å²) in [4.78, 5) is 17.6. The summed E-state index contributed by atoms with van der Waals surface area (Å²) in [5.41, 5.74) is 3.47. The van der Waals surface area contributed by atoms with Crippen LogP contribution in [0.4, 0.5) is 0 Å². The molecule has 0 fully saturated rings. The van der Waals surface area contributed by atoms with E-state index in [0.717, 1.165) is 24.5 Å². The monoisotopic (exact) mass is 425 g/mol. The van der Waals surface area contributed by atoms with Crippen molar-refractivity contribution in [2.75, 3.05) is 5.75 Å². The Labute approximate surface area is 174 Å². The van der Waals surface area contributed by atoms with Gasteiger partial charge < -0.3 is 4.42 Å². The Morgan fingerprint density at radius 2 is 1.93 bits per heavy atom. The molecule has 0 atom stereocenters. The number of amides is 1. The highest BCUT2D eigenvalue weighted by molar-refractivity contribution is 8.01. The van der Waals surface area contributed by atoms with Gasteiger partial charge in [0, 0.05) is 4.90 Å². The van der Waals surface area contributed by atoms with Crippen LogP contribution < -0.4 is 5.43 Å². The quantitative estimate of drug-likeness (QED) is 0.248. The van der Waals surface area contributed by atoms with Gasteiger partial charge in [0.05, 0.1) is 22.2 Å². The van der Waals surface area contributed by atoms with Gasteiger partial charge in [0.15, 0.2) is 9.43 Å². The molecule has 0 aliphatic carbocycles. The van der Waals surface area contributed by atoms with E-state index in [4.69, 9.17) is 4.42 Å². The van der Waals surface area contributed by atoms with Gasteiger partial charge in [0.25, 0.3) is 5.91 Å². The zero-order chi connectivity index (χ0) is 19.2. The van der Waals surface area contributed by atoms with E-state index in [1.54, 1.807) is 11.3 Å². The Bertz CT molecular complexity index is 1070. The van der Waals surface area contributed by atoms with Crippen molar-refractivity contribution in [2.45, 2.75) is 14.3 Å². The van der Waals surface area contributed by atoms with Gasteiger partial charge in [-0.1, -0.05) is 53.9 Å². The summed E-state index contributed by atoms with van der Waals surface area (Å²) < 4.78 is 7.67. The van der Waals surface area contributed by atoms with Crippen LogP contribution in [0.25, 0.3) is 10.2 Å². The van der Waals surface area contributed by atoms with Gasteiger partial charge in [0.2, 0.25) is 0 Å². The van der Waals surface area contributed by atoms with Crippen LogP contribution in [0, 0.1) is 0 Å². The number of rotatable bonds is 7. The first-order valence-corrected chi connectivity index (χ1v) is 11.0. The fourth-order valence-corrected chi connectivity index (χ4v) is 4.96. The van der Waals surface area contributed by atoms with E-state index in [1.807, 2.05) is 66.7 Å². The van der Waals surface area contributed by atoms with Gasteiger partial charge in [-0.3, -0.25) is 4.79 Å². The lowest BCUT2D eigenvalue weighted by atomic mass is 10.3. The van der Waals surface area contributed by atoms with Crippen molar-refractivity contribution in [1.29, 1.82) is 0 Å². The van der Waals surface area contributed by atoms with Gasteiger partial charge in [-0.15, -0.1) is 11.3 Å². The van der Waals surface area contributed by atoms with Crippen LogP contribution in [0.1, 0.15) is 5.76 Å². The number of benzene rings is 2. The summed E-state index contributed by atoms with van der Waals surface area (Å²) in [6, 6.07) is 21.6. The molecule has 0 aliphatic rings. The van der Waals surface area contributed by atoms with Crippen LogP contribution in [-0.4, -0.2) is 22.9 Å². The predicted octanol–water partition coefficient (Wildman–Crippen LogP) is 5.28. The van der Waals surface area contributed by atoms with Crippen LogP contribution in [0.3, 0.4) is 0 Å². The first-order valence-electron chi connectivity index (χ1n) is 8.39. The fraction of sp³-hybridized carbons (Fsp3) is 0.0500. The zero-order valence-corrected chi connectivity index (χ0v) is 17.0. The van der Waals surface area contributed by atoms with Gasteiger partial charge in [-0.2, -0.15) is 5.10 Å². The molecular weight excluding hydrogens is 410 g/mol. The maximum absolute atomic E-state index is 12.0. The van der Waals surface area contributed by atoms with Crippen molar-refractivity contribution in [3.8, 4) is 0 Å². The number of aromatic nitrogens is 1. The molecule has 0 aliphatic heterocycles. The van der Waals surface area contributed by atoms with Crippen LogP contribution in [0.2, 0.25) is 0 Å². The number of para-hydroxylation sites is 1. The molecule has 0 unspecified atom stereocenters. The summed E-state index contributed by atoms with van der Waals surface area (Å²) in [6.45, 7) is 0. The second-order valence-corrected chi connectivity index (χ2v) is 8.93. The molecular formula is C20H15N3O2S3. The van der Waals surface area contributed by atoms with Crippen LogP contribution >= 0.6 is 34.9 Å². The third-order valence-electron chi connectivity index (χ3n) is 3.55. The number of thiazole rings is 1. The largest absolute Gasteiger partial charge is 0.448 e. The third-order valence-corrected chi connectivity index (χ3v) is 6.65. The van der Waals surface area contributed by atoms with Crippen LogP contribution in [0.5, 0.6) is 0 Å². The van der Waals surface area contributed by atoms with Gasteiger partial charge in [-0.05, 0) is 36.4 Å². The Kier molecular flexibility index (Phi) is 6.11. The average Bonchev–Trinajstić information content (AvgIpc) is 3.33. The lowest BCUT2D eigenvalue weighted by Crippen LogP contribution is -2.19. The van der Waals surface area contributed by atoms with E-state index in [1.165, 1.54) is 29.7 Å². The number of nitrogens with zero attached hydrogens (tertiary/aromatic N) is 2. The van der Waals surface area contributed by atoms with E-state index < -0.39 is 0 Å². The van der Waals surface area contributed by atoms with Crippen molar-refractivity contribution in [2.24, 2.45) is 5.10 Å². The van der Waals surface area contributed by atoms with Crippen molar-refractivity contribution < 1.29 is 9.21 Å². The van der Waals surface area contributed by atoms with E-state index in [-0.39, 0.29) is 11.7 Å². The predicted molar refractivity (Wildman–Crippen MR) is 115 cm³/mol. The van der Waals surface area contributed by atoms with Gasteiger partial charge in [-0.25, -0.2) is 10.4 Å². The SMILES string of the molecule is O=C(CSc1nc2ccccc2s1)N/N=C/c1ccc(Sc2ccccc2)o1. The second-order valence-electron chi connectivity index (χ2n) is 5.60. The molecule has 2 aromatic carbocycles. The Morgan fingerprint density at radius 3 is 2.79 bits per heavy atom. The first-order chi connectivity index (χ1) is 13.8. The van der Waals surface area contributed by atoms with Gasteiger partial charge >= 0.3 is 0 Å². The normalized spacial score (nSPS) is 11.3. The van der Waals surface area contributed by atoms with Crippen LogP contribution in [-0.2, 0) is 4.79 Å². The minimum absolute atomic E-state index is 0.189. The zero-order valence-electron chi connectivity index (χ0n) is 14.6. The number of thioether (sulfide) groups is 1. The lowest BCUT2D eigenvalue weighted by molar-refractivity contribution is -0.118. The summed E-state index contributed by atoms with van der Waals surface area (Å²) in [5, 5.41) is 4.73. The molecule has 28 heavy (non-hydrogen) atoms. The molecule has 0 radical (unpaired) electrons. The maximum Gasteiger partial charge on any atom is 0.250 e. The average molecular weight is 426 g/mol. The van der Waals surface area contributed by atoms with E-state index in [9.17, 15) is 4.79 Å². The van der Waals surface area contributed by atoms with E-state index in [2.05, 4.69) is 15.5 Å². The molecule has 2 heterocycles. The topological polar surface area (TPSA) is 67.5 Å². The first kappa shape index (κ1) is 18.8. The van der Waals surface area contributed by atoms with E-state index >= 15 is 0 Å². The minimum Gasteiger partial charge on any atom is -0.448 e. The minimum atomic E-state index is -0.189. The molecule has 5 nitrogen and oxygen atoms in total. The lowest BCUT2D eigenvalue weighted by Gasteiger charge is -1.97. The maximum atomic E-state index is 12.0. The van der Waals surface area contributed by atoms with Crippen molar-refractivity contribution in [1.82, 2.24) is 10.4 Å². The number of furan rings is 1. The molecule has 4 rings (SSSR count). The molecule has 2 aromatic heterocycles. The molecule has 4 aromatic rings. The summed E-state index contributed by atoms with van der Waals surface area (Å²) in [6.07, 6.45) is 1.50. The number of hydrogen-bond donors (Lipinski definition) is 1. The molecule has 0 saturated heterocycles. The summed E-state index contributed by atoms with van der Waals surface area (Å²) in [5.74, 6) is 0.647. The van der Waals surface area contributed by atoms with Gasteiger partial charge in [0.1, 0.15) is 5.76 Å². The third kappa shape index (κ3) is 5.03. The molecule has 8 heteroatoms. The second kappa shape index (κ2) is 9.09. The molecule has 1 amide bonds. The standard InChI is InChI=1S/C20H15N3O2S3/c24-18(13-26-20-22-16-8-4-5-9-17(16)28-20)23-21-12-14-10-11-19(25-14)27-15-6-2-1-3-7-15/h1-12H,13H2,(H,23,24)/b21-12+. The summed E-state index contributed by atoms with van der Waals surface area (Å²) >= 11 is 4.51. The Hall–Kier alpha value is -2.55. The number of fused-ring (bicyclic) bond motifs is 1. The van der Waals surface area contributed by atoms with Crippen molar-refractivity contribution >= 4 is 57.2 Å². The Morgan fingerprint density at radius 1 is 1.11 bits per heavy atom. The Balaban J connectivity index is 1.25. The number of carbonyl (C=O) groups excluding carboxylic acids is 1. The smallest absolute Gasteiger partial charge is 0.250 e. The number of carbonyl (C=O) groups is 1. The number of hydrazone groups is 1. The van der Waals surface area contributed by atoms with Crippen molar-refractivity contribution in [3.05, 3.63) is 72.5 Å². The number of hydrogen-bond acceptors (Lipinski definition) is 7. The highest BCUT2D eigenvalue weighted by Crippen LogP contribution is 2.29. The highest BCUT2D eigenvalue weighted by atomic mass is 32.2. The molecule has 0 bridgehead atoms. The van der Waals surface area contributed by atoms with Crippen LogP contribution in [0.15, 0.2) is 90.6 Å². The summed E-state index contributed by atoms with van der Waals surface area (Å²) in [7, 11) is 0. The molecule has 0 saturated carbocycles. The van der Waals surface area contributed by atoms with E-state index in [0.29, 0.717) is 5.76 Å². The molecule has 140 valence electrons.